The first-order chi connectivity index (χ1) is 10.6. The number of hydrogen-bond donors (Lipinski definition) is 3. The van der Waals surface area contributed by atoms with Gasteiger partial charge in [0.15, 0.2) is 0 Å². The van der Waals surface area contributed by atoms with E-state index in [2.05, 4.69) is 13.8 Å². The first-order valence-electron chi connectivity index (χ1n) is 8.42. The van der Waals surface area contributed by atoms with Gasteiger partial charge in [0, 0.05) is 0 Å². The van der Waals surface area contributed by atoms with Gasteiger partial charge in [-0.05, 0) is 72.5 Å². The van der Waals surface area contributed by atoms with Crippen LogP contribution in [0.15, 0.2) is 18.2 Å². The molecule has 4 N–H and O–H groups in total. The van der Waals surface area contributed by atoms with E-state index >= 15 is 0 Å². The molecule has 4 aliphatic rings. The summed E-state index contributed by atoms with van der Waals surface area (Å²) in [7, 11) is 0. The van der Waals surface area contributed by atoms with Crippen LogP contribution in [0.2, 0.25) is 0 Å². The van der Waals surface area contributed by atoms with E-state index in [1.807, 2.05) is 12.1 Å². The molecular weight excluding hydrogens is 290 g/mol. The van der Waals surface area contributed by atoms with Crippen molar-refractivity contribution < 1.29 is 15.0 Å². The van der Waals surface area contributed by atoms with Crippen LogP contribution >= 0.6 is 0 Å². The van der Waals surface area contributed by atoms with Gasteiger partial charge in [0.1, 0.15) is 5.75 Å². The Kier molecular flexibility index (Phi) is 2.60. The fourth-order valence-electron chi connectivity index (χ4n) is 7.11. The van der Waals surface area contributed by atoms with Crippen molar-refractivity contribution >= 4 is 11.7 Å². The molecule has 4 fully saturated rings. The monoisotopic (exact) mass is 315 g/mol. The lowest BCUT2D eigenvalue weighted by atomic mass is 9.35. The molecule has 1 aromatic carbocycles. The lowest BCUT2D eigenvalue weighted by Crippen LogP contribution is -2.63. The van der Waals surface area contributed by atoms with Crippen molar-refractivity contribution in [2.24, 2.45) is 16.2 Å². The number of aliphatic carboxylic acids is 1. The number of carboxylic acid groups (broad SMARTS) is 1. The third kappa shape index (κ3) is 1.93. The van der Waals surface area contributed by atoms with Crippen LogP contribution in [0.4, 0.5) is 5.69 Å². The molecule has 4 aliphatic carbocycles. The summed E-state index contributed by atoms with van der Waals surface area (Å²) in [6, 6.07) is 5.47. The van der Waals surface area contributed by atoms with Crippen molar-refractivity contribution in [2.75, 3.05) is 5.73 Å². The predicted molar refractivity (Wildman–Crippen MR) is 88.2 cm³/mol. The van der Waals surface area contributed by atoms with Crippen LogP contribution in [-0.2, 0) is 10.2 Å². The summed E-state index contributed by atoms with van der Waals surface area (Å²) in [6.07, 6.45) is 5.44. The van der Waals surface area contributed by atoms with E-state index in [9.17, 15) is 15.0 Å². The van der Waals surface area contributed by atoms with Crippen LogP contribution in [0.3, 0.4) is 0 Å². The third-order valence-corrected chi connectivity index (χ3v) is 6.68. The van der Waals surface area contributed by atoms with Crippen LogP contribution in [0, 0.1) is 16.2 Å². The molecule has 124 valence electrons. The summed E-state index contributed by atoms with van der Waals surface area (Å²) in [5.41, 5.74) is 6.85. The lowest BCUT2D eigenvalue weighted by molar-refractivity contribution is -0.191. The Morgan fingerprint density at radius 1 is 1.04 bits per heavy atom. The van der Waals surface area contributed by atoms with E-state index in [0.29, 0.717) is 12.1 Å². The minimum Gasteiger partial charge on any atom is -0.506 e. The van der Waals surface area contributed by atoms with Crippen molar-refractivity contribution in [1.29, 1.82) is 0 Å². The Hall–Kier alpha value is -1.71. The summed E-state index contributed by atoms with van der Waals surface area (Å²) in [5.74, 6) is -0.533. The second kappa shape index (κ2) is 4.03. The second-order valence-electron chi connectivity index (χ2n) is 9.32. The van der Waals surface area contributed by atoms with E-state index in [1.54, 1.807) is 6.07 Å². The molecule has 4 bridgehead atoms. The van der Waals surface area contributed by atoms with Crippen molar-refractivity contribution in [1.82, 2.24) is 0 Å². The number of nitrogens with two attached hydrogens (primary N) is 1. The van der Waals surface area contributed by atoms with Gasteiger partial charge in [-0.15, -0.1) is 0 Å². The Balaban J connectivity index is 1.88. The van der Waals surface area contributed by atoms with Gasteiger partial charge in [0.05, 0.1) is 11.1 Å². The maximum atomic E-state index is 12.2. The van der Waals surface area contributed by atoms with E-state index in [0.717, 1.165) is 37.7 Å². The van der Waals surface area contributed by atoms with Gasteiger partial charge in [-0.3, -0.25) is 4.79 Å². The molecule has 0 radical (unpaired) electrons. The highest BCUT2D eigenvalue weighted by molar-refractivity contribution is 5.76. The standard InChI is InChI=1S/C19H25NO3/c1-16-6-17(2)8-18(7-16,11-19(9-16,10-17)15(22)23)12-3-4-14(21)13(20)5-12/h3-5,21H,6-11,20H2,1-2H3,(H,22,23). The Labute approximate surface area is 136 Å². The highest BCUT2D eigenvalue weighted by atomic mass is 16.4. The molecule has 4 heteroatoms. The van der Waals surface area contributed by atoms with Crippen molar-refractivity contribution in [3.05, 3.63) is 23.8 Å². The molecule has 0 amide bonds. The maximum Gasteiger partial charge on any atom is 0.309 e. The maximum absolute atomic E-state index is 12.2. The topological polar surface area (TPSA) is 83.5 Å². The highest BCUT2D eigenvalue weighted by Crippen LogP contribution is 2.74. The fraction of sp³-hybridized carbons (Fsp3) is 0.632. The van der Waals surface area contributed by atoms with Crippen molar-refractivity contribution in [3.63, 3.8) is 0 Å². The number of phenolic OH excluding ortho intramolecular Hbond substituents is 1. The molecule has 0 spiro atoms. The Morgan fingerprint density at radius 2 is 1.65 bits per heavy atom. The Bertz CT molecular complexity index is 693. The van der Waals surface area contributed by atoms with Gasteiger partial charge >= 0.3 is 5.97 Å². The average molecular weight is 315 g/mol. The molecule has 1 aromatic rings. The van der Waals surface area contributed by atoms with Gasteiger partial charge < -0.3 is 15.9 Å². The molecule has 0 saturated heterocycles. The molecule has 2 atom stereocenters. The summed E-state index contributed by atoms with van der Waals surface area (Å²) in [6.45, 7) is 4.53. The summed E-state index contributed by atoms with van der Waals surface area (Å²) in [4.78, 5) is 12.2. The fourth-order valence-corrected chi connectivity index (χ4v) is 7.11. The lowest BCUT2D eigenvalue weighted by Gasteiger charge is -2.68. The molecule has 0 aliphatic heterocycles. The molecule has 0 aromatic heterocycles. The predicted octanol–water partition coefficient (Wildman–Crippen LogP) is 3.68. The van der Waals surface area contributed by atoms with Gasteiger partial charge in [0.25, 0.3) is 0 Å². The first-order valence-corrected chi connectivity index (χ1v) is 8.42. The van der Waals surface area contributed by atoms with Gasteiger partial charge in [-0.25, -0.2) is 0 Å². The van der Waals surface area contributed by atoms with Crippen LogP contribution < -0.4 is 5.73 Å². The van der Waals surface area contributed by atoms with E-state index < -0.39 is 11.4 Å². The molecule has 23 heavy (non-hydrogen) atoms. The third-order valence-electron chi connectivity index (χ3n) is 6.68. The van der Waals surface area contributed by atoms with Crippen LogP contribution in [0.5, 0.6) is 5.75 Å². The molecule has 2 unspecified atom stereocenters. The van der Waals surface area contributed by atoms with E-state index in [1.165, 1.54) is 0 Å². The minimum atomic E-state index is -0.634. The number of anilines is 1. The van der Waals surface area contributed by atoms with Crippen molar-refractivity contribution in [2.45, 2.75) is 57.8 Å². The summed E-state index contributed by atoms with van der Waals surface area (Å²) >= 11 is 0. The molecule has 5 rings (SSSR count). The van der Waals surface area contributed by atoms with Crippen LogP contribution in [-0.4, -0.2) is 16.2 Å². The summed E-state index contributed by atoms with van der Waals surface area (Å²) in [5, 5.41) is 19.7. The number of carbonyl (C=O) groups is 1. The number of phenols is 1. The minimum absolute atomic E-state index is 0.0779. The average Bonchev–Trinajstić information content (AvgIpc) is 2.37. The number of carboxylic acids is 1. The normalized spacial score (nSPS) is 44.4. The van der Waals surface area contributed by atoms with Crippen LogP contribution in [0.25, 0.3) is 0 Å². The largest absolute Gasteiger partial charge is 0.506 e. The number of benzene rings is 1. The van der Waals surface area contributed by atoms with E-state index in [-0.39, 0.29) is 22.0 Å². The molecule has 4 nitrogen and oxygen atoms in total. The van der Waals surface area contributed by atoms with Gasteiger partial charge in [0.2, 0.25) is 0 Å². The number of hydrogen-bond acceptors (Lipinski definition) is 3. The SMILES string of the molecule is CC12CC3(C)CC(C(=O)O)(C1)CC(c1ccc(O)c(N)c1)(C2)C3. The first kappa shape index (κ1) is 14.9. The van der Waals surface area contributed by atoms with Gasteiger partial charge in [-0.2, -0.15) is 0 Å². The second-order valence-corrected chi connectivity index (χ2v) is 9.32. The zero-order valence-electron chi connectivity index (χ0n) is 13.9. The molecular formula is C19H25NO3. The number of rotatable bonds is 2. The number of nitrogen functional groups attached to an aromatic ring is 1. The zero-order chi connectivity index (χ0) is 16.7. The Morgan fingerprint density at radius 3 is 2.17 bits per heavy atom. The van der Waals surface area contributed by atoms with Crippen molar-refractivity contribution in [3.8, 4) is 5.75 Å². The molecule has 4 saturated carbocycles. The quantitative estimate of drug-likeness (QED) is 0.574. The number of aromatic hydroxyl groups is 1. The summed E-state index contributed by atoms with van der Waals surface area (Å²) < 4.78 is 0. The highest BCUT2D eigenvalue weighted by Gasteiger charge is 2.68. The zero-order valence-corrected chi connectivity index (χ0v) is 13.9. The van der Waals surface area contributed by atoms with Gasteiger partial charge in [-0.1, -0.05) is 19.9 Å². The van der Waals surface area contributed by atoms with Crippen LogP contribution in [0.1, 0.15) is 57.9 Å². The van der Waals surface area contributed by atoms with E-state index in [4.69, 9.17) is 5.73 Å². The smallest absolute Gasteiger partial charge is 0.309 e. The molecule has 0 heterocycles.